The number of benzene rings is 1. The Labute approximate surface area is 170 Å². The standard InChI is InChI=1S/C19H21N5O4S/c1-27-12-5-6-14(28-2)13(9-12)21-15(25)10-24-11-20-17-16(18(24)26)29-19(22-17)23-7-3-4-8-23/h5-6,9,11H,3-4,7-8,10H2,1-2H3,(H,21,25). The number of hydrogen-bond acceptors (Lipinski definition) is 8. The summed E-state index contributed by atoms with van der Waals surface area (Å²) in [7, 11) is 3.06. The summed E-state index contributed by atoms with van der Waals surface area (Å²) >= 11 is 1.33. The summed E-state index contributed by atoms with van der Waals surface area (Å²) < 4.78 is 12.2. The first kappa shape index (κ1) is 19.2. The van der Waals surface area contributed by atoms with Crippen LogP contribution in [0.4, 0.5) is 10.8 Å². The number of aromatic nitrogens is 3. The molecule has 0 radical (unpaired) electrons. The van der Waals surface area contributed by atoms with Crippen molar-refractivity contribution >= 4 is 38.4 Å². The van der Waals surface area contributed by atoms with Crippen LogP contribution in [0.15, 0.2) is 29.3 Å². The lowest BCUT2D eigenvalue weighted by Crippen LogP contribution is -2.27. The van der Waals surface area contributed by atoms with Crippen molar-refractivity contribution in [1.82, 2.24) is 14.5 Å². The molecule has 2 aromatic heterocycles. The van der Waals surface area contributed by atoms with Gasteiger partial charge < -0.3 is 19.7 Å². The van der Waals surface area contributed by atoms with Gasteiger partial charge in [-0.25, -0.2) is 4.98 Å². The minimum Gasteiger partial charge on any atom is -0.497 e. The third kappa shape index (κ3) is 3.88. The quantitative estimate of drug-likeness (QED) is 0.658. The molecule has 1 amide bonds. The molecule has 3 heterocycles. The molecule has 4 rings (SSSR count). The van der Waals surface area contributed by atoms with Crippen molar-refractivity contribution in [3.63, 3.8) is 0 Å². The number of hydrogen-bond donors (Lipinski definition) is 1. The highest BCUT2D eigenvalue weighted by atomic mass is 32.1. The van der Waals surface area contributed by atoms with E-state index in [1.165, 1.54) is 29.3 Å². The molecule has 3 aromatic rings. The number of carbonyl (C=O) groups excluding carboxylic acids is 1. The van der Waals surface area contributed by atoms with Crippen LogP contribution >= 0.6 is 11.3 Å². The van der Waals surface area contributed by atoms with Crippen molar-refractivity contribution in [2.75, 3.05) is 37.5 Å². The summed E-state index contributed by atoms with van der Waals surface area (Å²) in [4.78, 5) is 36.3. The molecular formula is C19H21N5O4S. The number of thiazole rings is 1. The lowest BCUT2D eigenvalue weighted by molar-refractivity contribution is -0.116. The minimum atomic E-state index is -0.371. The predicted molar refractivity (Wildman–Crippen MR) is 111 cm³/mol. The molecule has 1 aromatic carbocycles. The third-order valence-corrected chi connectivity index (χ3v) is 5.84. The fourth-order valence-corrected chi connectivity index (χ4v) is 4.27. The second-order valence-corrected chi connectivity index (χ2v) is 7.61. The summed E-state index contributed by atoms with van der Waals surface area (Å²) in [6, 6.07) is 5.09. The molecule has 29 heavy (non-hydrogen) atoms. The van der Waals surface area contributed by atoms with E-state index in [0.717, 1.165) is 31.1 Å². The summed E-state index contributed by atoms with van der Waals surface area (Å²) in [6.45, 7) is 1.72. The summed E-state index contributed by atoms with van der Waals surface area (Å²) in [5, 5.41) is 3.57. The Morgan fingerprint density at radius 2 is 2.03 bits per heavy atom. The molecule has 0 saturated carbocycles. The van der Waals surface area contributed by atoms with Gasteiger partial charge in [-0.2, -0.15) is 4.98 Å². The van der Waals surface area contributed by atoms with Crippen LogP contribution in [0, 0.1) is 0 Å². The number of nitrogens with one attached hydrogen (secondary N) is 1. The van der Waals surface area contributed by atoms with Crippen LogP contribution in [-0.4, -0.2) is 47.8 Å². The van der Waals surface area contributed by atoms with Crippen LogP contribution in [0.2, 0.25) is 0 Å². The highest BCUT2D eigenvalue weighted by molar-refractivity contribution is 7.22. The summed E-state index contributed by atoms with van der Waals surface area (Å²) in [5.41, 5.74) is 0.617. The number of ether oxygens (including phenoxy) is 2. The Morgan fingerprint density at radius 3 is 2.76 bits per heavy atom. The van der Waals surface area contributed by atoms with E-state index in [-0.39, 0.29) is 18.0 Å². The van der Waals surface area contributed by atoms with Crippen LogP contribution in [0.25, 0.3) is 10.3 Å². The number of amides is 1. The van der Waals surface area contributed by atoms with Crippen molar-refractivity contribution in [1.29, 1.82) is 0 Å². The first-order valence-corrected chi connectivity index (χ1v) is 10.0. The van der Waals surface area contributed by atoms with E-state index in [9.17, 15) is 9.59 Å². The minimum absolute atomic E-state index is 0.168. The van der Waals surface area contributed by atoms with Crippen molar-refractivity contribution in [2.45, 2.75) is 19.4 Å². The predicted octanol–water partition coefficient (Wildman–Crippen LogP) is 2.11. The van der Waals surface area contributed by atoms with Crippen LogP contribution in [0.5, 0.6) is 11.5 Å². The van der Waals surface area contributed by atoms with Gasteiger partial charge in [0.2, 0.25) is 5.91 Å². The van der Waals surface area contributed by atoms with Gasteiger partial charge in [-0.3, -0.25) is 14.2 Å². The first-order valence-electron chi connectivity index (χ1n) is 9.22. The smallest absolute Gasteiger partial charge is 0.273 e. The molecule has 1 N–H and O–H groups in total. The zero-order chi connectivity index (χ0) is 20.4. The van der Waals surface area contributed by atoms with Gasteiger partial charge in [-0.05, 0) is 25.0 Å². The molecule has 1 saturated heterocycles. The Balaban J connectivity index is 1.55. The maximum Gasteiger partial charge on any atom is 0.273 e. The largest absolute Gasteiger partial charge is 0.497 e. The van der Waals surface area contributed by atoms with Crippen LogP contribution < -0.4 is 25.2 Å². The molecule has 1 aliphatic rings. The lowest BCUT2D eigenvalue weighted by Gasteiger charge is -2.12. The van der Waals surface area contributed by atoms with E-state index in [1.807, 2.05) is 0 Å². The van der Waals surface area contributed by atoms with Crippen LogP contribution in [0.3, 0.4) is 0 Å². The summed E-state index contributed by atoms with van der Waals surface area (Å²) in [6.07, 6.45) is 3.61. The Hall–Kier alpha value is -3.14. The van der Waals surface area contributed by atoms with Gasteiger partial charge in [0.05, 0.1) is 19.9 Å². The Kier molecular flexibility index (Phi) is 5.34. The van der Waals surface area contributed by atoms with Crippen molar-refractivity contribution in [3.05, 3.63) is 34.9 Å². The van der Waals surface area contributed by atoms with E-state index < -0.39 is 0 Å². The van der Waals surface area contributed by atoms with Crippen molar-refractivity contribution in [2.24, 2.45) is 0 Å². The van der Waals surface area contributed by atoms with Crippen LogP contribution in [0.1, 0.15) is 12.8 Å². The molecule has 0 spiro atoms. The van der Waals surface area contributed by atoms with E-state index in [1.54, 1.807) is 25.3 Å². The zero-order valence-corrected chi connectivity index (χ0v) is 17.0. The van der Waals surface area contributed by atoms with Crippen LogP contribution in [-0.2, 0) is 11.3 Å². The maximum atomic E-state index is 12.8. The van der Waals surface area contributed by atoms with Gasteiger partial charge in [0.15, 0.2) is 10.8 Å². The molecule has 1 fully saturated rings. The van der Waals surface area contributed by atoms with Crippen molar-refractivity contribution in [3.8, 4) is 11.5 Å². The number of carbonyl (C=O) groups is 1. The molecule has 0 aliphatic carbocycles. The van der Waals surface area contributed by atoms with Gasteiger partial charge in [0.25, 0.3) is 5.56 Å². The first-order chi connectivity index (χ1) is 14.1. The second kappa shape index (κ2) is 8.08. The highest BCUT2D eigenvalue weighted by Crippen LogP contribution is 2.29. The normalized spacial score (nSPS) is 13.7. The van der Waals surface area contributed by atoms with Gasteiger partial charge in [-0.1, -0.05) is 11.3 Å². The van der Waals surface area contributed by atoms with E-state index in [4.69, 9.17) is 9.47 Å². The Morgan fingerprint density at radius 1 is 1.24 bits per heavy atom. The number of fused-ring (bicyclic) bond motifs is 1. The number of nitrogens with zero attached hydrogens (tertiary/aromatic N) is 4. The number of rotatable bonds is 6. The molecule has 0 bridgehead atoms. The van der Waals surface area contributed by atoms with Crippen molar-refractivity contribution < 1.29 is 14.3 Å². The molecule has 1 aliphatic heterocycles. The second-order valence-electron chi connectivity index (χ2n) is 6.64. The van der Waals surface area contributed by atoms with Gasteiger partial charge in [0.1, 0.15) is 29.1 Å². The topological polar surface area (TPSA) is 98.6 Å². The monoisotopic (exact) mass is 415 g/mol. The highest BCUT2D eigenvalue weighted by Gasteiger charge is 2.19. The molecule has 10 heteroatoms. The molecule has 0 atom stereocenters. The number of methoxy groups -OCH3 is 2. The fourth-order valence-electron chi connectivity index (χ4n) is 3.25. The zero-order valence-electron chi connectivity index (χ0n) is 16.2. The average molecular weight is 415 g/mol. The summed E-state index contributed by atoms with van der Waals surface area (Å²) in [5.74, 6) is 0.710. The van der Waals surface area contributed by atoms with Gasteiger partial charge in [0, 0.05) is 19.2 Å². The average Bonchev–Trinajstić information content (AvgIpc) is 3.40. The SMILES string of the molecule is COc1ccc(OC)c(NC(=O)Cn2cnc3nc(N4CCCC4)sc3c2=O)c1. The third-order valence-electron chi connectivity index (χ3n) is 4.74. The van der Waals surface area contributed by atoms with E-state index >= 15 is 0 Å². The Bertz CT molecular complexity index is 1100. The van der Waals surface area contributed by atoms with E-state index in [0.29, 0.717) is 27.5 Å². The van der Waals surface area contributed by atoms with E-state index in [2.05, 4.69) is 20.2 Å². The molecule has 0 unspecified atom stereocenters. The molecular weight excluding hydrogens is 394 g/mol. The lowest BCUT2D eigenvalue weighted by atomic mass is 10.2. The fraction of sp³-hybridized carbons (Fsp3) is 0.368. The number of anilines is 2. The maximum absolute atomic E-state index is 12.8. The van der Waals surface area contributed by atoms with Gasteiger partial charge in [-0.15, -0.1) is 0 Å². The molecule has 152 valence electrons. The van der Waals surface area contributed by atoms with Gasteiger partial charge >= 0.3 is 0 Å². The molecule has 9 nitrogen and oxygen atoms in total.